The van der Waals surface area contributed by atoms with E-state index in [1.807, 2.05) is 11.2 Å². The van der Waals surface area contributed by atoms with Gasteiger partial charge in [0.25, 0.3) is 5.91 Å². The number of ether oxygens (including phenoxy) is 1. The van der Waals surface area contributed by atoms with Crippen LogP contribution < -0.4 is 0 Å². The first-order valence-corrected chi connectivity index (χ1v) is 13.2. The van der Waals surface area contributed by atoms with Crippen molar-refractivity contribution in [2.75, 3.05) is 39.0 Å². The van der Waals surface area contributed by atoms with Crippen LogP contribution in [0, 0.1) is 5.92 Å². The molecule has 0 bridgehead atoms. The summed E-state index contributed by atoms with van der Waals surface area (Å²) in [5.74, 6) is -0.614. The van der Waals surface area contributed by atoms with Gasteiger partial charge >= 0.3 is 5.97 Å². The van der Waals surface area contributed by atoms with E-state index in [0.717, 1.165) is 24.2 Å². The van der Waals surface area contributed by atoms with Gasteiger partial charge in [-0.05, 0) is 63.5 Å². The van der Waals surface area contributed by atoms with Crippen LogP contribution in [0.2, 0.25) is 0 Å². The minimum absolute atomic E-state index is 0.0999. The molecule has 0 N–H and O–H groups in total. The number of nitrogens with zero attached hydrogens (tertiary/aromatic N) is 2. The van der Waals surface area contributed by atoms with Crippen LogP contribution in [-0.4, -0.2) is 68.5 Å². The van der Waals surface area contributed by atoms with Crippen LogP contribution in [0.1, 0.15) is 49.4 Å². The van der Waals surface area contributed by atoms with Crippen LogP contribution >= 0.6 is 11.8 Å². The van der Waals surface area contributed by atoms with E-state index in [1.165, 1.54) is 22.1 Å². The first kappa shape index (κ1) is 23.1. The van der Waals surface area contributed by atoms with Gasteiger partial charge in [0.1, 0.15) is 0 Å². The molecule has 166 valence electrons. The number of piperidine rings is 2. The number of sulfonamides is 1. The van der Waals surface area contributed by atoms with Crippen LogP contribution in [-0.2, 0) is 19.6 Å². The molecule has 0 aliphatic carbocycles. The largest absolute Gasteiger partial charge is 0.466 e. The summed E-state index contributed by atoms with van der Waals surface area (Å²) >= 11 is 1.44. The van der Waals surface area contributed by atoms with E-state index in [2.05, 4.69) is 0 Å². The summed E-state index contributed by atoms with van der Waals surface area (Å²) in [7, 11) is -3.73. The fraction of sp³-hybridized carbons (Fsp3) is 0.619. The zero-order valence-corrected chi connectivity index (χ0v) is 19.3. The van der Waals surface area contributed by atoms with Crippen molar-refractivity contribution in [1.82, 2.24) is 9.21 Å². The molecule has 30 heavy (non-hydrogen) atoms. The number of carbonyl (C=O) groups excluding carboxylic acids is 2. The van der Waals surface area contributed by atoms with Gasteiger partial charge in [-0.15, -0.1) is 11.8 Å². The Bertz CT molecular complexity index is 873. The van der Waals surface area contributed by atoms with Gasteiger partial charge in [-0.1, -0.05) is 0 Å². The highest BCUT2D eigenvalue weighted by Gasteiger charge is 2.33. The van der Waals surface area contributed by atoms with Gasteiger partial charge in [-0.2, -0.15) is 4.31 Å². The number of hydrogen-bond acceptors (Lipinski definition) is 6. The Labute approximate surface area is 183 Å². The molecule has 7 nitrogen and oxygen atoms in total. The summed E-state index contributed by atoms with van der Waals surface area (Å²) in [4.78, 5) is 27.7. The maximum atomic E-state index is 13.2. The van der Waals surface area contributed by atoms with Gasteiger partial charge in [-0.3, -0.25) is 9.59 Å². The van der Waals surface area contributed by atoms with E-state index in [1.54, 1.807) is 19.1 Å². The van der Waals surface area contributed by atoms with Gasteiger partial charge < -0.3 is 9.64 Å². The van der Waals surface area contributed by atoms with Gasteiger partial charge in [-0.25, -0.2) is 8.42 Å². The maximum Gasteiger partial charge on any atom is 0.309 e. The summed E-state index contributed by atoms with van der Waals surface area (Å²) in [5.41, 5.74) is 0.451. The Morgan fingerprint density at radius 3 is 2.37 bits per heavy atom. The zero-order valence-electron chi connectivity index (χ0n) is 17.6. The summed E-state index contributed by atoms with van der Waals surface area (Å²) in [6.07, 6.45) is 5.86. The third-order valence-corrected chi connectivity index (χ3v) is 8.45. The van der Waals surface area contributed by atoms with Gasteiger partial charge in [0.2, 0.25) is 10.0 Å². The van der Waals surface area contributed by atoms with E-state index in [-0.39, 0.29) is 35.8 Å². The fourth-order valence-corrected chi connectivity index (χ4v) is 6.09. The SMILES string of the molecule is CCOC(=O)C1CCN(S(=O)(=O)c2ccc(SC)c(C(=O)N3CCCCC3)c2)CC1. The third-order valence-electron chi connectivity index (χ3n) is 5.76. The molecule has 0 radical (unpaired) electrons. The molecule has 1 aromatic rings. The molecule has 9 heteroatoms. The highest BCUT2D eigenvalue weighted by Crippen LogP contribution is 2.29. The lowest BCUT2D eigenvalue weighted by Gasteiger charge is -2.30. The second kappa shape index (κ2) is 10.2. The van der Waals surface area contributed by atoms with Crippen molar-refractivity contribution in [3.63, 3.8) is 0 Å². The number of rotatable bonds is 6. The van der Waals surface area contributed by atoms with Crippen LogP contribution in [0.5, 0.6) is 0 Å². The molecular weight excluding hydrogens is 424 g/mol. The molecule has 1 amide bonds. The van der Waals surface area contributed by atoms with Crippen LogP contribution in [0.4, 0.5) is 0 Å². The maximum absolute atomic E-state index is 13.2. The second-order valence-corrected chi connectivity index (χ2v) is 10.4. The lowest BCUT2D eigenvalue weighted by atomic mass is 9.98. The topological polar surface area (TPSA) is 84.0 Å². The minimum atomic E-state index is -3.73. The smallest absolute Gasteiger partial charge is 0.309 e. The first-order chi connectivity index (χ1) is 14.4. The predicted octanol–water partition coefficient (Wildman–Crippen LogP) is 3.00. The third kappa shape index (κ3) is 5.00. The average molecular weight is 455 g/mol. The number of esters is 1. The van der Waals surface area contributed by atoms with Gasteiger partial charge in [0, 0.05) is 31.1 Å². The molecule has 2 saturated heterocycles. The van der Waals surface area contributed by atoms with E-state index in [4.69, 9.17) is 4.74 Å². The minimum Gasteiger partial charge on any atom is -0.466 e. The molecule has 3 rings (SSSR count). The summed E-state index contributed by atoms with van der Waals surface area (Å²) in [5, 5.41) is 0. The van der Waals surface area contributed by atoms with Crippen LogP contribution in [0.3, 0.4) is 0 Å². The lowest BCUT2D eigenvalue weighted by Crippen LogP contribution is -2.40. The Balaban J connectivity index is 1.79. The van der Waals surface area contributed by atoms with E-state index < -0.39 is 10.0 Å². The van der Waals surface area contributed by atoms with Crippen molar-refractivity contribution in [3.8, 4) is 0 Å². The molecular formula is C21H30N2O5S2. The van der Waals surface area contributed by atoms with Crippen molar-refractivity contribution in [2.24, 2.45) is 5.92 Å². The van der Waals surface area contributed by atoms with Crippen LogP contribution in [0.15, 0.2) is 28.0 Å². The number of thioether (sulfide) groups is 1. The number of carbonyl (C=O) groups is 2. The summed E-state index contributed by atoms with van der Waals surface area (Å²) < 4.78 is 32.9. The monoisotopic (exact) mass is 454 g/mol. The number of amides is 1. The normalized spacial score (nSPS) is 18.9. The van der Waals surface area contributed by atoms with Crippen molar-refractivity contribution in [3.05, 3.63) is 23.8 Å². The highest BCUT2D eigenvalue weighted by atomic mass is 32.2. The molecule has 2 aliphatic rings. The summed E-state index contributed by atoms with van der Waals surface area (Å²) in [6.45, 7) is 4.05. The zero-order chi connectivity index (χ0) is 21.7. The molecule has 2 heterocycles. The van der Waals surface area contributed by atoms with E-state index in [0.29, 0.717) is 38.1 Å². The van der Waals surface area contributed by atoms with Crippen molar-refractivity contribution in [1.29, 1.82) is 0 Å². The first-order valence-electron chi connectivity index (χ1n) is 10.5. The Hall–Kier alpha value is -1.58. The number of benzene rings is 1. The second-order valence-electron chi connectivity index (χ2n) is 7.65. The van der Waals surface area contributed by atoms with E-state index >= 15 is 0 Å². The average Bonchev–Trinajstić information content (AvgIpc) is 2.79. The van der Waals surface area contributed by atoms with Crippen molar-refractivity contribution in [2.45, 2.75) is 48.8 Å². The lowest BCUT2D eigenvalue weighted by molar-refractivity contribution is -0.149. The standard InChI is InChI=1S/C21H30N2O5S2/c1-3-28-21(25)16-9-13-23(14-10-16)30(26,27)17-7-8-19(29-2)18(15-17)20(24)22-11-5-4-6-12-22/h7-8,15-16H,3-6,9-14H2,1-2H3. The molecule has 2 fully saturated rings. The fourth-order valence-electron chi connectivity index (χ4n) is 4.02. The predicted molar refractivity (Wildman–Crippen MR) is 116 cm³/mol. The Kier molecular flexibility index (Phi) is 7.81. The molecule has 2 aliphatic heterocycles. The van der Waals surface area contributed by atoms with Crippen molar-refractivity contribution >= 4 is 33.7 Å². The number of hydrogen-bond donors (Lipinski definition) is 0. The molecule has 0 aromatic heterocycles. The Morgan fingerprint density at radius 1 is 1.10 bits per heavy atom. The van der Waals surface area contributed by atoms with Gasteiger partial charge in [0.15, 0.2) is 0 Å². The van der Waals surface area contributed by atoms with Crippen LogP contribution in [0.25, 0.3) is 0 Å². The molecule has 0 atom stereocenters. The van der Waals surface area contributed by atoms with E-state index in [9.17, 15) is 18.0 Å². The van der Waals surface area contributed by atoms with Crippen molar-refractivity contribution < 1.29 is 22.7 Å². The Morgan fingerprint density at radius 2 is 1.77 bits per heavy atom. The molecule has 1 aromatic carbocycles. The molecule has 0 unspecified atom stereocenters. The molecule has 0 saturated carbocycles. The number of likely N-dealkylation sites (tertiary alicyclic amines) is 1. The quantitative estimate of drug-likeness (QED) is 0.485. The summed E-state index contributed by atoms with van der Waals surface area (Å²) in [6, 6.07) is 4.82. The van der Waals surface area contributed by atoms with Gasteiger partial charge in [0.05, 0.1) is 23.0 Å². The highest BCUT2D eigenvalue weighted by molar-refractivity contribution is 7.98. The molecule has 0 spiro atoms.